The summed E-state index contributed by atoms with van der Waals surface area (Å²) in [6.07, 6.45) is 14.0. The summed E-state index contributed by atoms with van der Waals surface area (Å²) in [5, 5.41) is 4.78. The van der Waals surface area contributed by atoms with Gasteiger partial charge in [-0.1, -0.05) is 89.6 Å². The van der Waals surface area contributed by atoms with Gasteiger partial charge < -0.3 is 19.9 Å². The number of H-pyrrole nitrogens is 4. The molecule has 1 aliphatic rings. The van der Waals surface area contributed by atoms with E-state index in [0.717, 1.165) is 30.3 Å². The fourth-order valence-corrected chi connectivity index (χ4v) is 6.89. The van der Waals surface area contributed by atoms with Crippen molar-refractivity contribution in [3.05, 3.63) is 129 Å². The van der Waals surface area contributed by atoms with E-state index in [1.54, 1.807) is 0 Å². The van der Waals surface area contributed by atoms with Gasteiger partial charge in [-0.3, -0.25) is 0 Å². The summed E-state index contributed by atoms with van der Waals surface area (Å²) in [6.45, 7) is 6.85. The molecule has 4 nitrogen and oxygen atoms in total. The number of hydrogen-bond acceptors (Lipinski definition) is 0. The van der Waals surface area contributed by atoms with Gasteiger partial charge >= 0.3 is 0 Å². The highest BCUT2D eigenvalue weighted by molar-refractivity contribution is 5.79. The van der Waals surface area contributed by atoms with Crippen LogP contribution in [0.2, 0.25) is 0 Å². The van der Waals surface area contributed by atoms with Crippen molar-refractivity contribution in [2.24, 2.45) is 0 Å². The standard InChI is InChI=1S/C41H50N4/c1-4-7-11-18-30-33-21-23-35(42-33)31(19-12-8-5-2)37-25-27-39(44-37)41(29-16-14-10-15-17-29)40-28-26-38(45-40)32(20-13-9-6-3)36-24-22-34(30)43-36/h10,14-17,21-28,42-45H,4-9,11-13,18-20H2,1-3H3. The van der Waals surface area contributed by atoms with E-state index in [-0.39, 0.29) is 0 Å². The van der Waals surface area contributed by atoms with Crippen LogP contribution in [-0.4, -0.2) is 19.9 Å². The van der Waals surface area contributed by atoms with Crippen LogP contribution in [0.5, 0.6) is 0 Å². The lowest BCUT2D eigenvalue weighted by Crippen LogP contribution is -2.18. The quantitative estimate of drug-likeness (QED) is 0.0996. The van der Waals surface area contributed by atoms with Crippen LogP contribution in [0.1, 0.15) is 126 Å². The number of aromatic nitrogens is 4. The Hall–Kier alpha value is -4.18. The third-order valence-electron chi connectivity index (χ3n) is 9.39. The molecule has 4 heteroatoms. The summed E-state index contributed by atoms with van der Waals surface area (Å²) < 4.78 is 0. The predicted octanol–water partition coefficient (Wildman–Crippen LogP) is 7.90. The van der Waals surface area contributed by atoms with Crippen molar-refractivity contribution in [1.82, 2.24) is 19.9 Å². The molecule has 5 heterocycles. The first-order valence-corrected chi connectivity index (χ1v) is 17.5. The van der Waals surface area contributed by atoms with Gasteiger partial charge in [-0.05, 0) is 109 Å². The molecule has 234 valence electrons. The molecule has 0 saturated carbocycles. The van der Waals surface area contributed by atoms with Crippen molar-refractivity contribution in [3.63, 3.8) is 0 Å². The van der Waals surface area contributed by atoms with E-state index in [9.17, 15) is 0 Å². The van der Waals surface area contributed by atoms with Crippen molar-refractivity contribution >= 4 is 22.3 Å². The maximum Gasteiger partial charge on any atom is 0.0485 e. The van der Waals surface area contributed by atoms with Crippen LogP contribution in [-0.2, 0) is 0 Å². The molecule has 1 aromatic carbocycles. The molecule has 6 rings (SSSR count). The van der Waals surface area contributed by atoms with E-state index in [0.29, 0.717) is 0 Å². The maximum atomic E-state index is 3.91. The molecule has 0 spiro atoms. The van der Waals surface area contributed by atoms with Gasteiger partial charge in [-0.2, -0.15) is 0 Å². The third kappa shape index (κ3) is 6.91. The number of fused-ring (bicyclic) bond motifs is 8. The van der Waals surface area contributed by atoms with Crippen LogP contribution >= 0.6 is 0 Å². The first-order chi connectivity index (χ1) is 22.2. The lowest BCUT2D eigenvalue weighted by atomic mass is 10.0. The van der Waals surface area contributed by atoms with Gasteiger partial charge in [0.2, 0.25) is 0 Å². The predicted molar refractivity (Wildman–Crippen MR) is 190 cm³/mol. The Kier molecular flexibility index (Phi) is 10.1. The largest absolute Gasteiger partial charge is 0.355 e. The fourth-order valence-electron chi connectivity index (χ4n) is 6.89. The molecule has 0 radical (unpaired) electrons. The van der Waals surface area contributed by atoms with E-state index in [1.165, 1.54) is 119 Å². The second-order valence-corrected chi connectivity index (χ2v) is 12.7. The van der Waals surface area contributed by atoms with E-state index in [4.69, 9.17) is 0 Å². The van der Waals surface area contributed by atoms with Crippen molar-refractivity contribution in [1.29, 1.82) is 0 Å². The van der Waals surface area contributed by atoms with Crippen molar-refractivity contribution in [2.45, 2.75) is 97.8 Å². The highest BCUT2D eigenvalue weighted by Crippen LogP contribution is 2.26. The Morgan fingerprint density at radius 3 is 1.24 bits per heavy atom. The van der Waals surface area contributed by atoms with Crippen LogP contribution in [0.4, 0.5) is 0 Å². The molecule has 0 aliphatic carbocycles. The molecule has 0 fully saturated rings. The van der Waals surface area contributed by atoms with Gasteiger partial charge in [0.25, 0.3) is 0 Å². The number of nitrogens with one attached hydrogen (secondary N) is 4. The zero-order chi connectivity index (χ0) is 31.0. The zero-order valence-electron chi connectivity index (χ0n) is 27.5. The Bertz CT molecular complexity index is 1940. The number of aromatic amines is 4. The highest BCUT2D eigenvalue weighted by Gasteiger charge is 2.16. The minimum atomic E-state index is 1.04. The highest BCUT2D eigenvalue weighted by atomic mass is 14.8. The summed E-state index contributed by atoms with van der Waals surface area (Å²) in [7, 11) is 0. The van der Waals surface area contributed by atoms with Crippen molar-refractivity contribution in [3.8, 4) is 0 Å². The van der Waals surface area contributed by atoms with Crippen LogP contribution in [0.15, 0.2) is 78.9 Å². The SMILES string of the molecule is CCCCCC1=c2ccc([nH]2)=C(CCCCC)c2ccc([nH]2)C(c2ccccc2)=c2ccc([nH]2)=C(CCCCC)c2ccc1[nH]2. The lowest BCUT2D eigenvalue weighted by Gasteiger charge is -2.09. The molecule has 1 aliphatic heterocycles. The summed E-state index contributed by atoms with van der Waals surface area (Å²) in [6, 6.07) is 29.1. The van der Waals surface area contributed by atoms with Gasteiger partial charge in [0, 0.05) is 49.7 Å². The normalized spacial score (nSPS) is 13.2. The molecule has 0 amide bonds. The first-order valence-electron chi connectivity index (χ1n) is 17.5. The summed E-state index contributed by atoms with van der Waals surface area (Å²) >= 11 is 0. The van der Waals surface area contributed by atoms with Crippen LogP contribution in [0, 0.1) is 0 Å². The average molecular weight is 599 g/mol. The van der Waals surface area contributed by atoms with E-state index >= 15 is 0 Å². The minimum Gasteiger partial charge on any atom is -0.355 e. The number of hydrogen-bond donors (Lipinski definition) is 4. The minimum absolute atomic E-state index is 1.04. The van der Waals surface area contributed by atoms with Crippen LogP contribution in [0.25, 0.3) is 22.3 Å². The van der Waals surface area contributed by atoms with E-state index < -0.39 is 0 Å². The van der Waals surface area contributed by atoms with Crippen molar-refractivity contribution < 1.29 is 0 Å². The Morgan fingerprint density at radius 1 is 0.378 bits per heavy atom. The first kappa shape index (κ1) is 30.8. The van der Waals surface area contributed by atoms with Gasteiger partial charge in [-0.25, -0.2) is 0 Å². The molecular formula is C41H50N4. The zero-order valence-corrected chi connectivity index (χ0v) is 27.5. The van der Waals surface area contributed by atoms with Crippen LogP contribution in [0.3, 0.4) is 0 Å². The second-order valence-electron chi connectivity index (χ2n) is 12.7. The van der Waals surface area contributed by atoms with Gasteiger partial charge in [0.05, 0.1) is 0 Å². The number of rotatable bonds is 13. The molecule has 0 atom stereocenters. The van der Waals surface area contributed by atoms with E-state index in [1.807, 2.05) is 0 Å². The molecular weight excluding hydrogens is 548 g/mol. The van der Waals surface area contributed by atoms with Gasteiger partial charge in [0.15, 0.2) is 0 Å². The van der Waals surface area contributed by atoms with E-state index in [2.05, 4.69) is 120 Å². The second kappa shape index (κ2) is 14.7. The number of unbranched alkanes of at least 4 members (excludes halogenated alkanes) is 6. The van der Waals surface area contributed by atoms with Gasteiger partial charge in [0.1, 0.15) is 0 Å². The smallest absolute Gasteiger partial charge is 0.0485 e. The number of benzene rings is 1. The third-order valence-corrected chi connectivity index (χ3v) is 9.39. The fraction of sp³-hybridized carbons (Fsp3) is 0.366. The molecule has 0 unspecified atom stereocenters. The summed E-state index contributed by atoms with van der Waals surface area (Å²) in [5.41, 5.74) is 11.3. The molecule has 4 aromatic heterocycles. The Labute approximate surface area is 268 Å². The maximum absolute atomic E-state index is 3.91. The summed E-state index contributed by atoms with van der Waals surface area (Å²) in [5.74, 6) is 0. The lowest BCUT2D eigenvalue weighted by molar-refractivity contribution is 0.730. The summed E-state index contributed by atoms with van der Waals surface area (Å²) in [4.78, 5) is 15.6. The van der Waals surface area contributed by atoms with Crippen LogP contribution < -0.4 is 21.4 Å². The molecule has 5 aromatic rings. The Morgan fingerprint density at radius 2 is 0.778 bits per heavy atom. The molecule has 8 bridgehead atoms. The molecule has 0 saturated heterocycles. The Balaban J connectivity index is 1.65. The van der Waals surface area contributed by atoms with Gasteiger partial charge in [-0.15, -0.1) is 0 Å². The topological polar surface area (TPSA) is 63.2 Å². The average Bonchev–Trinajstić information content (AvgIpc) is 3.89. The van der Waals surface area contributed by atoms with Crippen molar-refractivity contribution in [2.75, 3.05) is 0 Å². The molecule has 4 N–H and O–H groups in total. The monoisotopic (exact) mass is 598 g/mol. The molecule has 45 heavy (non-hydrogen) atoms.